The number of nitrogens with two attached hydrogens (primary N) is 1. The topological polar surface area (TPSA) is 63.4 Å². The van der Waals surface area contributed by atoms with Crippen LogP contribution < -0.4 is 5.73 Å². The lowest BCUT2D eigenvalue weighted by Gasteiger charge is -2.35. The van der Waals surface area contributed by atoms with Crippen molar-refractivity contribution in [3.63, 3.8) is 0 Å². The molecule has 1 aliphatic heterocycles. The highest BCUT2D eigenvalue weighted by Gasteiger charge is 2.34. The molecule has 0 aromatic heterocycles. The molecule has 0 radical (unpaired) electrons. The first-order valence-corrected chi connectivity index (χ1v) is 6.06. The molecule has 1 saturated heterocycles. The minimum Gasteiger partial charge on any atom is -0.325 e. The normalized spacial score (nSPS) is 18.4. The third-order valence-corrected chi connectivity index (χ3v) is 4.23. The van der Waals surface area contributed by atoms with Gasteiger partial charge in [-0.15, -0.1) is 0 Å². The molecule has 1 aromatic rings. The molecule has 2 N–H and O–H groups in total. The lowest BCUT2D eigenvalue weighted by molar-refractivity contribution is 0.265. The number of hydrogen-bond acceptors (Lipinski definition) is 3. The van der Waals surface area contributed by atoms with E-state index < -0.39 is 21.7 Å². The maximum Gasteiger partial charge on any atom is 0.243 e. The molecule has 0 atom stereocenters. The molecule has 0 unspecified atom stereocenters. The highest BCUT2D eigenvalue weighted by Crippen LogP contribution is 2.22. The predicted octanol–water partition coefficient (Wildman–Crippen LogP) is 0.296. The Morgan fingerprint density at radius 3 is 2.38 bits per heavy atom. The zero-order valence-corrected chi connectivity index (χ0v) is 9.05. The van der Waals surface area contributed by atoms with Gasteiger partial charge in [-0.3, -0.25) is 0 Å². The van der Waals surface area contributed by atoms with Crippen molar-refractivity contribution in [2.75, 3.05) is 13.1 Å². The molecule has 0 amide bonds. The van der Waals surface area contributed by atoms with Crippen molar-refractivity contribution in [3.8, 4) is 0 Å². The quantitative estimate of drug-likeness (QED) is 0.818. The Hall–Kier alpha value is -1.05. The molecule has 1 heterocycles. The molecule has 7 heteroatoms. The molecule has 88 valence electrons. The van der Waals surface area contributed by atoms with Gasteiger partial charge >= 0.3 is 0 Å². The highest BCUT2D eigenvalue weighted by molar-refractivity contribution is 7.89. The molecule has 4 nitrogen and oxygen atoms in total. The van der Waals surface area contributed by atoms with Crippen LogP contribution in [0.15, 0.2) is 23.1 Å². The zero-order valence-electron chi connectivity index (χ0n) is 8.23. The van der Waals surface area contributed by atoms with Gasteiger partial charge in [0.15, 0.2) is 11.6 Å². The van der Waals surface area contributed by atoms with E-state index in [9.17, 15) is 17.2 Å². The second-order valence-electron chi connectivity index (χ2n) is 3.66. The van der Waals surface area contributed by atoms with Gasteiger partial charge in [0.05, 0.1) is 4.90 Å². The average molecular weight is 248 g/mol. The van der Waals surface area contributed by atoms with Crippen LogP contribution in [0.4, 0.5) is 8.78 Å². The van der Waals surface area contributed by atoms with Gasteiger partial charge in [-0.05, 0) is 18.2 Å². The molecule has 0 spiro atoms. The van der Waals surface area contributed by atoms with Crippen LogP contribution in [-0.4, -0.2) is 31.9 Å². The lowest BCUT2D eigenvalue weighted by Crippen LogP contribution is -2.57. The molecule has 0 aliphatic carbocycles. The predicted molar refractivity (Wildman–Crippen MR) is 53.1 cm³/mol. The number of rotatable bonds is 2. The van der Waals surface area contributed by atoms with E-state index >= 15 is 0 Å². The second kappa shape index (κ2) is 3.76. The number of halogens is 2. The van der Waals surface area contributed by atoms with Crippen molar-refractivity contribution in [3.05, 3.63) is 29.8 Å². The van der Waals surface area contributed by atoms with E-state index in [0.717, 1.165) is 16.4 Å². The lowest BCUT2D eigenvalue weighted by atomic mass is 10.2. The van der Waals surface area contributed by atoms with Crippen LogP contribution in [0.2, 0.25) is 0 Å². The molecular weight excluding hydrogens is 238 g/mol. The van der Waals surface area contributed by atoms with E-state index in [0.29, 0.717) is 6.07 Å². The summed E-state index contributed by atoms with van der Waals surface area (Å²) in [6.07, 6.45) is 0. The van der Waals surface area contributed by atoms with Crippen molar-refractivity contribution in [2.45, 2.75) is 10.9 Å². The van der Waals surface area contributed by atoms with Crippen LogP contribution in [0, 0.1) is 11.6 Å². The van der Waals surface area contributed by atoms with Gasteiger partial charge in [-0.1, -0.05) is 0 Å². The van der Waals surface area contributed by atoms with Crippen LogP contribution in [0.3, 0.4) is 0 Å². The van der Waals surface area contributed by atoms with Crippen molar-refractivity contribution < 1.29 is 17.2 Å². The van der Waals surface area contributed by atoms with E-state index in [4.69, 9.17) is 5.73 Å². The third-order valence-electron chi connectivity index (χ3n) is 2.41. The monoisotopic (exact) mass is 248 g/mol. The van der Waals surface area contributed by atoms with Gasteiger partial charge in [-0.2, -0.15) is 4.31 Å². The van der Waals surface area contributed by atoms with E-state index in [-0.39, 0.29) is 24.0 Å². The van der Waals surface area contributed by atoms with Crippen molar-refractivity contribution in [1.29, 1.82) is 0 Å². The fourth-order valence-electron chi connectivity index (χ4n) is 1.45. The van der Waals surface area contributed by atoms with Gasteiger partial charge in [0, 0.05) is 19.1 Å². The second-order valence-corrected chi connectivity index (χ2v) is 5.60. The molecule has 1 aromatic carbocycles. The number of benzene rings is 1. The molecule has 2 rings (SSSR count). The fourth-order valence-corrected chi connectivity index (χ4v) is 3.02. The van der Waals surface area contributed by atoms with Crippen LogP contribution in [0.25, 0.3) is 0 Å². The Kier molecular flexibility index (Phi) is 2.69. The van der Waals surface area contributed by atoms with E-state index in [1.54, 1.807) is 0 Å². The third kappa shape index (κ3) is 1.81. The average Bonchev–Trinajstić information content (AvgIpc) is 2.17. The summed E-state index contributed by atoms with van der Waals surface area (Å²) < 4.78 is 50.3. The molecule has 16 heavy (non-hydrogen) atoms. The van der Waals surface area contributed by atoms with Crippen LogP contribution >= 0.6 is 0 Å². The first kappa shape index (κ1) is 11.4. The first-order chi connectivity index (χ1) is 7.41. The van der Waals surface area contributed by atoms with Crippen molar-refractivity contribution in [1.82, 2.24) is 4.31 Å². The maximum atomic E-state index is 12.9. The largest absolute Gasteiger partial charge is 0.325 e. The van der Waals surface area contributed by atoms with Gasteiger partial charge in [0.2, 0.25) is 10.0 Å². The molecule has 0 bridgehead atoms. The molecule has 1 fully saturated rings. The Bertz CT molecular complexity index is 512. The van der Waals surface area contributed by atoms with Crippen molar-refractivity contribution >= 4 is 10.0 Å². The zero-order chi connectivity index (χ0) is 11.9. The van der Waals surface area contributed by atoms with E-state index in [2.05, 4.69) is 0 Å². The Morgan fingerprint density at radius 2 is 1.88 bits per heavy atom. The Morgan fingerprint density at radius 1 is 1.25 bits per heavy atom. The van der Waals surface area contributed by atoms with Crippen LogP contribution in [0.1, 0.15) is 0 Å². The maximum absolute atomic E-state index is 12.9. The molecule has 1 aliphatic rings. The smallest absolute Gasteiger partial charge is 0.243 e. The summed E-state index contributed by atoms with van der Waals surface area (Å²) in [5.74, 6) is -2.25. The van der Waals surface area contributed by atoms with Gasteiger partial charge in [0.25, 0.3) is 0 Å². The van der Waals surface area contributed by atoms with Gasteiger partial charge < -0.3 is 5.73 Å². The number of nitrogens with zero attached hydrogens (tertiary/aromatic N) is 1. The minimum atomic E-state index is -3.73. The highest BCUT2D eigenvalue weighted by atomic mass is 32.2. The summed E-state index contributed by atoms with van der Waals surface area (Å²) in [7, 11) is -3.73. The van der Waals surface area contributed by atoms with E-state index in [1.807, 2.05) is 0 Å². The van der Waals surface area contributed by atoms with Gasteiger partial charge in [0.1, 0.15) is 0 Å². The number of hydrogen-bond donors (Lipinski definition) is 1. The Balaban J connectivity index is 2.33. The minimum absolute atomic E-state index is 0.180. The van der Waals surface area contributed by atoms with E-state index in [1.165, 1.54) is 0 Å². The Labute approximate surface area is 91.7 Å². The summed E-state index contributed by atoms with van der Waals surface area (Å²) in [5, 5.41) is 0. The molecular formula is C9H10F2N2O2S. The first-order valence-electron chi connectivity index (χ1n) is 4.62. The molecule has 0 saturated carbocycles. The standard InChI is InChI=1S/C9H10F2N2O2S/c10-8-2-1-7(3-9(8)11)16(14,15)13-4-6(12)5-13/h1-3,6H,4-5,12H2. The van der Waals surface area contributed by atoms with Gasteiger partial charge in [-0.25, -0.2) is 17.2 Å². The van der Waals surface area contributed by atoms with Crippen LogP contribution in [-0.2, 0) is 10.0 Å². The summed E-state index contributed by atoms with van der Waals surface area (Å²) >= 11 is 0. The van der Waals surface area contributed by atoms with Crippen molar-refractivity contribution in [2.24, 2.45) is 5.73 Å². The summed E-state index contributed by atoms with van der Waals surface area (Å²) in [5.41, 5.74) is 5.46. The fraction of sp³-hybridized carbons (Fsp3) is 0.333. The summed E-state index contributed by atoms with van der Waals surface area (Å²) in [4.78, 5) is -0.252. The van der Waals surface area contributed by atoms with Crippen LogP contribution in [0.5, 0.6) is 0 Å². The summed E-state index contributed by atoms with van der Waals surface area (Å²) in [6.45, 7) is 0.419. The SMILES string of the molecule is NC1CN(S(=O)(=O)c2ccc(F)c(F)c2)C1. The number of sulfonamides is 1. The summed E-state index contributed by atoms with van der Waals surface area (Å²) in [6, 6.07) is 2.33.